The lowest BCUT2D eigenvalue weighted by atomic mass is 10.1. The largest absolute Gasteiger partial charge is 0.512 e. The topological polar surface area (TPSA) is 217 Å². The second-order valence-corrected chi connectivity index (χ2v) is 10.8. The Morgan fingerprint density at radius 1 is 1.32 bits per heavy atom. The Labute approximate surface area is 222 Å². The summed E-state index contributed by atoms with van der Waals surface area (Å²) in [6.07, 6.45) is 1.99. The van der Waals surface area contributed by atoms with Crippen LogP contribution in [0.1, 0.15) is 12.7 Å². The summed E-state index contributed by atoms with van der Waals surface area (Å²) in [5.41, 5.74) is 0.144. The number of β-lactam (4-membered cyclic amide) rings is 1. The zero-order chi connectivity index (χ0) is 27.4. The highest BCUT2D eigenvalue weighted by atomic mass is 32.2. The highest BCUT2D eigenvalue weighted by Crippen LogP contribution is 2.41. The van der Waals surface area contributed by atoms with Gasteiger partial charge in [0, 0.05) is 29.4 Å². The van der Waals surface area contributed by atoms with E-state index in [2.05, 4.69) is 19.8 Å². The number of nitrogens with one attached hydrogen (secondary N) is 2. The molecule has 2 amide bonds. The molecule has 0 aromatic carbocycles. The number of carbonyl (C=O) groups excluding carboxylic acids is 2. The van der Waals surface area contributed by atoms with E-state index in [-0.39, 0.29) is 30.0 Å². The van der Waals surface area contributed by atoms with Crippen LogP contribution < -0.4 is 15.0 Å². The van der Waals surface area contributed by atoms with E-state index in [0.29, 0.717) is 22.9 Å². The fourth-order valence-electron chi connectivity index (χ4n) is 3.49. The standard InChI is InChI=1S/C19H20N7O9PS2/c1-2-34-22-11(13-21-18(38-24-13)23-36(31,32)33)14(27)20-12-15(28)26-16(35-19(29)30)10(9-37-17(12)26)8-25-6-4-3-5-7-25/h3-7,12,17H,2,8-9H2,1H3,(H4-,20,21,23,24,27,29,30,31,32,33)/p+1/t12?,17-/m0/s1. The van der Waals surface area contributed by atoms with Crippen molar-refractivity contribution in [2.75, 3.05) is 17.4 Å². The summed E-state index contributed by atoms with van der Waals surface area (Å²) in [6.45, 7) is 1.99. The minimum atomic E-state index is -4.66. The molecule has 0 saturated carbocycles. The molecule has 19 heteroatoms. The van der Waals surface area contributed by atoms with E-state index in [1.54, 1.807) is 36.0 Å². The Bertz CT molecular complexity index is 1350. The maximum absolute atomic E-state index is 13.0. The van der Waals surface area contributed by atoms with Gasteiger partial charge in [-0.05, 0) is 6.92 Å². The van der Waals surface area contributed by atoms with Gasteiger partial charge in [-0.25, -0.2) is 13.9 Å². The monoisotopic (exact) mass is 586 g/mol. The Kier molecular flexibility index (Phi) is 8.27. The number of amides is 2. The van der Waals surface area contributed by atoms with E-state index >= 15 is 0 Å². The number of hydrogen-bond acceptors (Lipinski definition) is 11. The predicted molar refractivity (Wildman–Crippen MR) is 132 cm³/mol. The molecule has 2 aliphatic rings. The second-order valence-electron chi connectivity index (χ2n) is 7.62. The number of ether oxygens (including phenoxy) is 1. The molecular weight excluding hydrogens is 565 g/mol. The quantitative estimate of drug-likeness (QED) is 0.0623. The van der Waals surface area contributed by atoms with E-state index in [9.17, 15) is 24.1 Å². The molecule has 202 valence electrons. The van der Waals surface area contributed by atoms with Crippen LogP contribution in [0.25, 0.3) is 0 Å². The van der Waals surface area contributed by atoms with E-state index in [0.717, 1.165) is 0 Å². The average molecular weight is 587 g/mol. The summed E-state index contributed by atoms with van der Waals surface area (Å²) < 4.78 is 21.8. The molecular formula is C19H21N7O9PS2+. The van der Waals surface area contributed by atoms with Crippen LogP contribution in [0, 0.1) is 0 Å². The Hall–Kier alpha value is -3.57. The molecule has 38 heavy (non-hydrogen) atoms. The number of hydrogen-bond donors (Lipinski definition) is 5. The summed E-state index contributed by atoms with van der Waals surface area (Å²) in [4.78, 5) is 65.5. The van der Waals surface area contributed by atoms with Gasteiger partial charge >= 0.3 is 13.9 Å². The number of pyridine rings is 1. The minimum Gasteiger partial charge on any atom is -0.449 e. The summed E-state index contributed by atoms with van der Waals surface area (Å²) in [5, 5.41) is 16.4. The smallest absolute Gasteiger partial charge is 0.449 e. The third kappa shape index (κ3) is 6.28. The molecule has 0 spiro atoms. The van der Waals surface area contributed by atoms with Gasteiger partial charge in [-0.15, -0.1) is 11.8 Å². The van der Waals surface area contributed by atoms with Crippen LogP contribution in [0.3, 0.4) is 0 Å². The van der Waals surface area contributed by atoms with Crippen molar-refractivity contribution in [3.05, 3.63) is 47.9 Å². The lowest BCUT2D eigenvalue weighted by Gasteiger charge is -2.48. The number of aromatic nitrogens is 3. The maximum Gasteiger partial charge on any atom is 0.512 e. The Balaban J connectivity index is 1.52. The number of rotatable bonds is 10. The molecule has 1 saturated heterocycles. The van der Waals surface area contributed by atoms with Gasteiger partial charge in [-0.3, -0.25) is 19.6 Å². The van der Waals surface area contributed by atoms with Gasteiger partial charge < -0.3 is 29.8 Å². The van der Waals surface area contributed by atoms with Gasteiger partial charge in [0.05, 0.1) is 5.57 Å². The van der Waals surface area contributed by atoms with Crippen LogP contribution in [0.15, 0.2) is 47.2 Å². The highest BCUT2D eigenvalue weighted by Gasteiger charge is 2.54. The molecule has 0 radical (unpaired) electrons. The molecule has 1 fully saturated rings. The predicted octanol–water partition coefficient (Wildman–Crippen LogP) is 0.0771. The van der Waals surface area contributed by atoms with E-state index < -0.39 is 42.8 Å². The first-order chi connectivity index (χ1) is 18.1. The highest BCUT2D eigenvalue weighted by molar-refractivity contribution is 8.00. The molecule has 2 atom stereocenters. The second kappa shape index (κ2) is 11.4. The maximum atomic E-state index is 13.0. The van der Waals surface area contributed by atoms with Crippen molar-refractivity contribution >= 4 is 59.9 Å². The van der Waals surface area contributed by atoms with Crippen molar-refractivity contribution < 1.29 is 48.0 Å². The van der Waals surface area contributed by atoms with Crippen molar-refractivity contribution in [2.45, 2.75) is 24.9 Å². The summed E-state index contributed by atoms with van der Waals surface area (Å²) in [7, 11) is -4.66. The number of oxime groups is 1. The third-order valence-corrected chi connectivity index (χ3v) is 7.62. The summed E-state index contributed by atoms with van der Waals surface area (Å²) in [6, 6.07) is 4.39. The summed E-state index contributed by atoms with van der Waals surface area (Å²) >= 11 is 1.89. The van der Waals surface area contributed by atoms with Gasteiger partial charge in [0.25, 0.3) is 11.8 Å². The first-order valence-corrected chi connectivity index (χ1v) is 14.2. The molecule has 0 aliphatic carbocycles. The molecule has 4 rings (SSSR count). The molecule has 1 unspecified atom stereocenters. The number of nitrogens with zero attached hydrogens (tertiary/aromatic N) is 5. The normalized spacial score (nSPS) is 19.4. The van der Waals surface area contributed by atoms with Crippen LogP contribution in [-0.2, 0) is 30.3 Å². The lowest BCUT2D eigenvalue weighted by Crippen LogP contribution is -2.70. The van der Waals surface area contributed by atoms with Crippen LogP contribution in [-0.4, -0.2) is 76.6 Å². The van der Waals surface area contributed by atoms with E-state index in [1.165, 1.54) is 16.7 Å². The Morgan fingerprint density at radius 3 is 2.71 bits per heavy atom. The number of thioether (sulfide) groups is 1. The van der Waals surface area contributed by atoms with Gasteiger partial charge in [0.15, 0.2) is 18.9 Å². The lowest BCUT2D eigenvalue weighted by molar-refractivity contribution is -0.689. The van der Waals surface area contributed by atoms with Crippen LogP contribution >= 0.6 is 31.0 Å². The molecule has 4 heterocycles. The van der Waals surface area contributed by atoms with E-state index in [4.69, 9.17) is 19.4 Å². The van der Waals surface area contributed by atoms with Crippen molar-refractivity contribution in [1.82, 2.24) is 19.6 Å². The fourth-order valence-corrected chi connectivity index (χ4v) is 6.05. The zero-order valence-corrected chi connectivity index (χ0v) is 22.0. The Morgan fingerprint density at radius 2 is 2.05 bits per heavy atom. The van der Waals surface area contributed by atoms with Crippen molar-refractivity contribution in [2.24, 2.45) is 5.16 Å². The SMILES string of the molecule is CCON=C(C(=O)NC1C(=O)N2C(OC(=O)O)=C(C[n+]3ccccc3)CS[C@@H]12)c1nsc(NP(=O)(O)O)n1. The zero-order valence-electron chi connectivity index (χ0n) is 19.5. The van der Waals surface area contributed by atoms with Crippen molar-refractivity contribution in [1.29, 1.82) is 0 Å². The van der Waals surface area contributed by atoms with Crippen molar-refractivity contribution in [3.63, 3.8) is 0 Å². The van der Waals surface area contributed by atoms with Gasteiger partial charge in [-0.1, -0.05) is 11.2 Å². The van der Waals surface area contributed by atoms with Gasteiger partial charge in [0.1, 0.15) is 18.0 Å². The van der Waals surface area contributed by atoms with Gasteiger partial charge in [0.2, 0.25) is 22.6 Å². The van der Waals surface area contributed by atoms with Crippen LogP contribution in [0.5, 0.6) is 0 Å². The summed E-state index contributed by atoms with van der Waals surface area (Å²) in [5.74, 6) is -1.54. The molecule has 2 aromatic heterocycles. The average Bonchev–Trinajstić information content (AvgIpc) is 3.30. The fraction of sp³-hybridized carbons (Fsp3) is 0.316. The number of carbonyl (C=O) groups is 3. The van der Waals surface area contributed by atoms with Crippen LogP contribution in [0.4, 0.5) is 9.93 Å². The number of fused-ring (bicyclic) bond motifs is 1. The first-order valence-electron chi connectivity index (χ1n) is 10.8. The number of anilines is 1. The molecule has 5 N–H and O–H groups in total. The van der Waals surface area contributed by atoms with Crippen LogP contribution in [0.2, 0.25) is 0 Å². The first kappa shape index (κ1) is 27.5. The molecule has 2 aliphatic heterocycles. The van der Waals surface area contributed by atoms with Crippen molar-refractivity contribution in [3.8, 4) is 0 Å². The molecule has 16 nitrogen and oxygen atoms in total. The number of carboxylic acid groups (broad SMARTS) is 1. The van der Waals surface area contributed by atoms with E-state index in [1.807, 2.05) is 11.2 Å². The molecule has 0 bridgehead atoms. The van der Waals surface area contributed by atoms with Gasteiger partial charge in [-0.2, -0.15) is 9.36 Å². The molecule has 2 aromatic rings. The minimum absolute atomic E-state index is 0.0893. The third-order valence-electron chi connectivity index (χ3n) is 4.99.